The summed E-state index contributed by atoms with van der Waals surface area (Å²) in [5.74, 6) is -3.76. The summed E-state index contributed by atoms with van der Waals surface area (Å²) in [5, 5.41) is 11.1. The van der Waals surface area contributed by atoms with Crippen molar-refractivity contribution in [1.82, 2.24) is 4.98 Å². The van der Waals surface area contributed by atoms with E-state index in [1.165, 1.54) is 44.7 Å². The van der Waals surface area contributed by atoms with E-state index in [1.54, 1.807) is 12.1 Å². The van der Waals surface area contributed by atoms with Crippen LogP contribution >= 0.6 is 0 Å². The summed E-state index contributed by atoms with van der Waals surface area (Å²) >= 11 is 0. The summed E-state index contributed by atoms with van der Waals surface area (Å²) in [7, 11) is 2.85. The van der Waals surface area contributed by atoms with Gasteiger partial charge in [-0.05, 0) is 42.5 Å². The van der Waals surface area contributed by atoms with Gasteiger partial charge in [0, 0.05) is 17.8 Å². The van der Waals surface area contributed by atoms with Gasteiger partial charge in [-0.3, -0.25) is 19.5 Å². The minimum Gasteiger partial charge on any atom is -0.507 e. The van der Waals surface area contributed by atoms with Crippen LogP contribution in [0.1, 0.15) is 17.3 Å². The van der Waals surface area contributed by atoms with E-state index in [9.17, 15) is 23.5 Å². The van der Waals surface area contributed by atoms with Crippen molar-refractivity contribution in [3.05, 3.63) is 89.3 Å². The van der Waals surface area contributed by atoms with Crippen LogP contribution < -0.4 is 14.4 Å². The number of methoxy groups -OCH3 is 2. The van der Waals surface area contributed by atoms with E-state index in [1.807, 2.05) is 0 Å². The van der Waals surface area contributed by atoms with Crippen molar-refractivity contribution in [3.63, 3.8) is 0 Å². The number of benzene rings is 2. The molecule has 2 heterocycles. The highest BCUT2D eigenvalue weighted by Crippen LogP contribution is 2.43. The van der Waals surface area contributed by atoms with Crippen LogP contribution in [0.4, 0.5) is 14.5 Å². The van der Waals surface area contributed by atoms with E-state index in [2.05, 4.69) is 4.98 Å². The molecule has 2 aromatic carbocycles. The van der Waals surface area contributed by atoms with Gasteiger partial charge in [0.15, 0.2) is 11.5 Å². The number of amides is 1. The number of aromatic nitrogens is 1. The van der Waals surface area contributed by atoms with Crippen LogP contribution in [0.15, 0.2) is 66.4 Å². The molecule has 1 N–H and O–H groups in total. The third kappa shape index (κ3) is 3.78. The van der Waals surface area contributed by atoms with Crippen LogP contribution in [0.2, 0.25) is 0 Å². The third-order valence-corrected chi connectivity index (χ3v) is 5.24. The highest BCUT2D eigenvalue weighted by atomic mass is 19.1. The third-order valence-electron chi connectivity index (χ3n) is 5.24. The summed E-state index contributed by atoms with van der Waals surface area (Å²) < 4.78 is 39.0. The van der Waals surface area contributed by atoms with Crippen LogP contribution in [0.5, 0.6) is 11.5 Å². The average molecular weight is 452 g/mol. The van der Waals surface area contributed by atoms with E-state index < -0.39 is 40.8 Å². The molecular formula is C24H18F2N2O5. The summed E-state index contributed by atoms with van der Waals surface area (Å²) in [6.07, 6.45) is 1.42. The summed E-state index contributed by atoms with van der Waals surface area (Å²) in [4.78, 5) is 31.0. The predicted octanol–water partition coefficient (Wildman–Crippen LogP) is 4.00. The van der Waals surface area contributed by atoms with Crippen molar-refractivity contribution in [1.29, 1.82) is 0 Å². The Kier molecular flexibility index (Phi) is 5.78. The second kappa shape index (κ2) is 8.70. The number of hydrogen-bond donors (Lipinski definition) is 1. The molecule has 168 valence electrons. The van der Waals surface area contributed by atoms with Gasteiger partial charge in [0.2, 0.25) is 0 Å². The van der Waals surface area contributed by atoms with E-state index in [-0.39, 0.29) is 22.6 Å². The second-order valence-electron chi connectivity index (χ2n) is 7.09. The van der Waals surface area contributed by atoms with Gasteiger partial charge in [-0.2, -0.15) is 0 Å². The zero-order valence-electron chi connectivity index (χ0n) is 17.6. The Morgan fingerprint density at radius 2 is 1.76 bits per heavy atom. The lowest BCUT2D eigenvalue weighted by Gasteiger charge is -2.25. The lowest BCUT2D eigenvalue weighted by molar-refractivity contribution is -0.132. The molecule has 1 atom stereocenters. The van der Waals surface area contributed by atoms with Crippen LogP contribution in [0, 0.1) is 11.6 Å². The average Bonchev–Trinajstić information content (AvgIpc) is 3.10. The van der Waals surface area contributed by atoms with Gasteiger partial charge in [-0.25, -0.2) is 8.78 Å². The highest BCUT2D eigenvalue weighted by Gasteiger charge is 2.48. The predicted molar refractivity (Wildman–Crippen MR) is 115 cm³/mol. The van der Waals surface area contributed by atoms with Gasteiger partial charge in [0.05, 0.1) is 31.2 Å². The molecule has 0 aliphatic carbocycles. The Balaban J connectivity index is 1.96. The molecule has 1 aliphatic heterocycles. The van der Waals surface area contributed by atoms with Gasteiger partial charge < -0.3 is 14.6 Å². The Bertz CT molecular complexity index is 1280. The molecule has 9 heteroatoms. The largest absolute Gasteiger partial charge is 0.507 e. The maximum atomic E-state index is 14.6. The van der Waals surface area contributed by atoms with E-state index >= 15 is 0 Å². The number of aliphatic hydroxyl groups is 1. The number of aliphatic hydroxyl groups excluding tert-OH is 1. The number of rotatable bonds is 5. The van der Waals surface area contributed by atoms with Gasteiger partial charge >= 0.3 is 0 Å². The summed E-state index contributed by atoms with van der Waals surface area (Å²) in [5.41, 5.74) is -0.428. The molecule has 7 nitrogen and oxygen atoms in total. The molecule has 1 fully saturated rings. The maximum absolute atomic E-state index is 14.6. The Morgan fingerprint density at radius 3 is 2.42 bits per heavy atom. The van der Waals surface area contributed by atoms with Crippen LogP contribution in [0.3, 0.4) is 0 Å². The van der Waals surface area contributed by atoms with E-state index in [0.717, 1.165) is 23.1 Å². The number of carbonyl (C=O) groups excluding carboxylic acids is 2. The van der Waals surface area contributed by atoms with Crippen molar-refractivity contribution >= 4 is 23.1 Å². The normalized spacial score (nSPS) is 17.3. The number of nitrogens with zero attached hydrogens (tertiary/aromatic N) is 2. The van der Waals surface area contributed by atoms with Gasteiger partial charge in [-0.15, -0.1) is 0 Å². The summed E-state index contributed by atoms with van der Waals surface area (Å²) in [6.45, 7) is 0. The monoisotopic (exact) mass is 452 g/mol. The first-order valence-electron chi connectivity index (χ1n) is 9.76. The first kappa shape index (κ1) is 21.9. The molecular weight excluding hydrogens is 434 g/mol. The smallest absolute Gasteiger partial charge is 0.300 e. The molecule has 0 radical (unpaired) electrons. The highest BCUT2D eigenvalue weighted by molar-refractivity contribution is 6.51. The van der Waals surface area contributed by atoms with Gasteiger partial charge in [0.1, 0.15) is 23.4 Å². The number of carbonyl (C=O) groups is 2. The lowest BCUT2D eigenvalue weighted by Crippen LogP contribution is -2.30. The van der Waals surface area contributed by atoms with Crippen molar-refractivity contribution in [2.45, 2.75) is 6.04 Å². The Morgan fingerprint density at radius 1 is 1.00 bits per heavy atom. The molecule has 1 amide bonds. The first-order chi connectivity index (χ1) is 15.9. The molecule has 1 unspecified atom stereocenters. The molecule has 1 saturated heterocycles. The number of ether oxygens (including phenoxy) is 2. The van der Waals surface area contributed by atoms with Gasteiger partial charge in [-0.1, -0.05) is 6.07 Å². The van der Waals surface area contributed by atoms with E-state index in [4.69, 9.17) is 9.47 Å². The van der Waals surface area contributed by atoms with Crippen LogP contribution in [-0.4, -0.2) is 36.0 Å². The zero-order chi connectivity index (χ0) is 23.7. The standard InChI is InChI=1S/C24H18F2N2O5/c1-32-18-9-6-13(11-19(18)33-2)22(29)20-21(16-5-3-4-10-27-16)28(24(31)23(20)30)17-12-14(25)7-8-15(17)26/h3-12,21,29H,1-2H3/b22-20+. The first-order valence-corrected chi connectivity index (χ1v) is 9.76. The minimum absolute atomic E-state index is 0.159. The van der Waals surface area contributed by atoms with Gasteiger partial charge in [0.25, 0.3) is 11.7 Å². The molecule has 4 rings (SSSR count). The van der Waals surface area contributed by atoms with Crippen molar-refractivity contribution in [2.24, 2.45) is 0 Å². The number of ketones is 1. The molecule has 3 aromatic rings. The summed E-state index contributed by atoms with van der Waals surface area (Å²) in [6, 6.07) is 10.4. The number of pyridine rings is 1. The number of hydrogen-bond acceptors (Lipinski definition) is 6. The number of halogens is 2. The topological polar surface area (TPSA) is 89.0 Å². The van der Waals surface area contributed by atoms with Crippen molar-refractivity contribution in [2.75, 3.05) is 19.1 Å². The molecule has 33 heavy (non-hydrogen) atoms. The fourth-order valence-electron chi connectivity index (χ4n) is 3.71. The van der Waals surface area contributed by atoms with Crippen LogP contribution in [-0.2, 0) is 9.59 Å². The fraction of sp³-hybridized carbons (Fsp3) is 0.125. The maximum Gasteiger partial charge on any atom is 0.300 e. The zero-order valence-corrected chi connectivity index (χ0v) is 17.6. The molecule has 0 spiro atoms. The minimum atomic E-state index is -1.30. The molecule has 1 aromatic heterocycles. The lowest BCUT2D eigenvalue weighted by atomic mass is 9.98. The number of anilines is 1. The van der Waals surface area contributed by atoms with Crippen molar-refractivity contribution in [3.8, 4) is 11.5 Å². The molecule has 0 saturated carbocycles. The van der Waals surface area contributed by atoms with Crippen LogP contribution in [0.25, 0.3) is 5.76 Å². The second-order valence-corrected chi connectivity index (χ2v) is 7.09. The molecule has 0 bridgehead atoms. The quantitative estimate of drug-likeness (QED) is 0.358. The van der Waals surface area contributed by atoms with E-state index in [0.29, 0.717) is 5.75 Å². The SMILES string of the molecule is COc1ccc(/C(O)=C2\C(=O)C(=O)N(c3cc(F)ccc3F)C2c2ccccn2)cc1OC. The number of Topliss-reactive ketones (excluding diaryl/α,β-unsaturated/α-hetero) is 1. The van der Waals surface area contributed by atoms with Crippen molar-refractivity contribution < 1.29 is 33.0 Å². The Hall–Kier alpha value is -4.27. The molecule has 1 aliphatic rings. The Labute approximate surface area is 187 Å². The fourth-order valence-corrected chi connectivity index (χ4v) is 3.71.